The molecule has 1 heterocycles. The van der Waals surface area contributed by atoms with Gasteiger partial charge in [-0.05, 0) is 0 Å². The van der Waals surface area contributed by atoms with Crippen molar-refractivity contribution >= 4 is 0 Å². The van der Waals surface area contributed by atoms with Gasteiger partial charge in [-0.2, -0.15) is 20.2 Å². The van der Waals surface area contributed by atoms with Crippen molar-refractivity contribution in [2.75, 3.05) is 13.1 Å². The summed E-state index contributed by atoms with van der Waals surface area (Å²) in [4.78, 5) is 0.611. The molecule has 0 amide bonds. The van der Waals surface area contributed by atoms with Crippen molar-refractivity contribution < 1.29 is 18.1 Å². The van der Waals surface area contributed by atoms with Crippen LogP contribution in [0.3, 0.4) is 0 Å². The van der Waals surface area contributed by atoms with Gasteiger partial charge in [0.25, 0.3) is 0 Å². The second kappa shape index (κ2) is 2.64. The van der Waals surface area contributed by atoms with Gasteiger partial charge in [-0.25, -0.2) is 0 Å². The van der Waals surface area contributed by atoms with Crippen molar-refractivity contribution in [1.29, 1.82) is 0 Å². The van der Waals surface area contributed by atoms with Crippen LogP contribution in [0.2, 0.25) is 0 Å². The molecule has 66 valence electrons. The molecule has 1 unspecified atom stereocenters. The topological polar surface area (TPSA) is 30.5 Å². The maximum atomic E-state index is 12.1. The molecule has 1 saturated heterocycles. The lowest BCUT2D eigenvalue weighted by Gasteiger charge is -2.15. The van der Waals surface area contributed by atoms with Gasteiger partial charge in [0, 0.05) is 0 Å². The number of hydrogen-bond acceptors (Lipinski definition) is 1. The third-order valence-corrected chi connectivity index (χ3v) is 1.97. The minimum absolute atomic E-state index is 0.00463. The molecule has 0 saturated carbocycles. The van der Waals surface area contributed by atoms with Crippen LogP contribution >= 0.6 is 0 Å². The Labute approximate surface area is 63.2 Å². The minimum Gasteiger partial charge on any atom is -0.466 e. The molecule has 0 spiro atoms. The van der Waals surface area contributed by atoms with Crippen LogP contribution in [-0.4, -0.2) is 25.3 Å². The van der Waals surface area contributed by atoms with Crippen molar-refractivity contribution in [2.24, 2.45) is 11.7 Å². The summed E-state index contributed by atoms with van der Waals surface area (Å²) in [7, 11) is 3.49. The van der Waals surface area contributed by atoms with Gasteiger partial charge >= 0.3 is 6.18 Å². The van der Waals surface area contributed by atoms with Crippen LogP contribution in [0.25, 0.3) is 0 Å². The Hall–Kier alpha value is -0.290. The molecule has 0 bridgehead atoms. The molecule has 0 aromatic heterocycles. The van der Waals surface area contributed by atoms with Gasteiger partial charge < -0.3 is 10.6 Å². The van der Waals surface area contributed by atoms with Gasteiger partial charge in [0.05, 0.1) is 19.1 Å². The smallest absolute Gasteiger partial charge is 0.398 e. The van der Waals surface area contributed by atoms with Crippen LogP contribution in [0.1, 0.15) is 0 Å². The molecule has 0 aromatic carbocycles. The lowest BCUT2D eigenvalue weighted by molar-refractivity contribution is -0.842. The van der Waals surface area contributed by atoms with Gasteiger partial charge in [0.1, 0.15) is 5.92 Å². The average Bonchev–Trinajstić information content (AvgIpc) is 2.08. The van der Waals surface area contributed by atoms with E-state index in [4.69, 9.17) is 5.73 Å². The van der Waals surface area contributed by atoms with E-state index in [0.29, 0.717) is 11.4 Å². The third kappa shape index (κ3) is 1.84. The summed E-state index contributed by atoms with van der Waals surface area (Å²) in [6.07, 6.45) is -4.15. The molecule has 1 fully saturated rings. The Morgan fingerprint density at radius 2 is 1.91 bits per heavy atom. The molecule has 0 aliphatic carbocycles. The molecule has 5 heteroatoms. The molecular formula is C6H11F3N2. The summed E-state index contributed by atoms with van der Waals surface area (Å²) in [6, 6.07) is -0.775. The van der Waals surface area contributed by atoms with E-state index in [2.05, 4.69) is 7.05 Å². The standard InChI is InChI=1S/C6H11F3N2/c1-11-2-4(5(10)3-11)6(7,8)9/h4-5,11H,1-3,10H2/t4-,5-/m1/s1. The van der Waals surface area contributed by atoms with Crippen LogP contribution in [0.4, 0.5) is 13.2 Å². The number of quaternary nitrogens is 1. The van der Waals surface area contributed by atoms with Crippen molar-refractivity contribution in [3.05, 3.63) is 7.05 Å². The lowest BCUT2D eigenvalue weighted by atomic mass is 10.1. The van der Waals surface area contributed by atoms with Crippen molar-refractivity contribution in [1.82, 2.24) is 0 Å². The molecule has 2 nitrogen and oxygen atoms in total. The van der Waals surface area contributed by atoms with Gasteiger partial charge in [-0.1, -0.05) is 0 Å². The predicted octanol–water partition coefficient (Wildman–Crippen LogP) is -0.818. The van der Waals surface area contributed by atoms with Crippen LogP contribution in [-0.2, 0) is 0 Å². The van der Waals surface area contributed by atoms with E-state index in [1.54, 1.807) is 0 Å². The Morgan fingerprint density at radius 3 is 2.09 bits per heavy atom. The molecule has 0 aromatic rings. The fourth-order valence-corrected chi connectivity index (χ4v) is 1.38. The number of alkyl halides is 3. The third-order valence-electron chi connectivity index (χ3n) is 1.97. The molecule has 11 heavy (non-hydrogen) atoms. The van der Waals surface area contributed by atoms with Crippen LogP contribution in [0.15, 0.2) is 0 Å². The Kier molecular flexibility index (Phi) is 2.11. The first-order chi connectivity index (χ1) is 4.91. The van der Waals surface area contributed by atoms with Gasteiger partial charge in [-0.3, -0.25) is 0 Å². The second-order valence-corrected chi connectivity index (χ2v) is 2.97. The summed E-state index contributed by atoms with van der Waals surface area (Å²) in [6.45, 7) is 0.314. The lowest BCUT2D eigenvalue weighted by Crippen LogP contribution is -3.05. The Balaban J connectivity index is 2.60. The largest absolute Gasteiger partial charge is 0.466 e. The molecule has 0 radical (unpaired) electrons. The average molecular weight is 168 g/mol. The van der Waals surface area contributed by atoms with Gasteiger partial charge in [0.2, 0.25) is 0 Å². The fourth-order valence-electron chi connectivity index (χ4n) is 1.38. The molecular weight excluding hydrogens is 157 g/mol. The van der Waals surface area contributed by atoms with E-state index in [9.17, 15) is 13.2 Å². The first-order valence-electron chi connectivity index (χ1n) is 3.40. The zero-order valence-electron chi connectivity index (χ0n) is 5.99. The van der Waals surface area contributed by atoms with E-state index >= 15 is 0 Å². The van der Waals surface area contributed by atoms with E-state index in [0.717, 1.165) is 0 Å². The van der Waals surface area contributed by atoms with E-state index in [1.807, 2.05) is 0 Å². The van der Waals surface area contributed by atoms with Crippen LogP contribution in [0.5, 0.6) is 0 Å². The molecule has 1 aliphatic rings. The summed E-state index contributed by atoms with van der Waals surface area (Å²) in [5, 5.41) is 0. The maximum absolute atomic E-state index is 12.1. The Bertz CT molecular complexity index is 145. The molecule has 1 rings (SSSR count). The second-order valence-electron chi connectivity index (χ2n) is 2.97. The van der Waals surface area contributed by atoms with Crippen LogP contribution < -0.4 is 10.6 Å². The fraction of sp³-hybridized carbons (Fsp3) is 0.833. The quantitative estimate of drug-likeness (QED) is 0.455. The summed E-state index contributed by atoms with van der Waals surface area (Å²) >= 11 is 0. The van der Waals surface area contributed by atoms with Gasteiger partial charge in [-0.15, -0.1) is 0 Å². The number of hydrogen-bond donors (Lipinski definition) is 2. The maximum Gasteiger partial charge on any atom is 0.398 e. The zero-order chi connectivity index (χ0) is 8.65. The monoisotopic (exact) mass is 168 g/mol. The SMILES string of the molecule is [CH2-][NH+]1C[C@@H](N)[C@H](C(F)(F)F)C1. The van der Waals surface area contributed by atoms with E-state index in [-0.39, 0.29) is 6.54 Å². The molecule has 3 atom stereocenters. The first-order valence-corrected chi connectivity index (χ1v) is 3.40. The minimum atomic E-state index is -4.15. The number of nitrogens with one attached hydrogen (secondary N) is 1. The predicted molar refractivity (Wildman–Crippen MR) is 33.6 cm³/mol. The first kappa shape index (κ1) is 8.80. The Morgan fingerprint density at radius 1 is 1.36 bits per heavy atom. The number of likely N-dealkylation sites (tertiary alicyclic amines) is 1. The zero-order valence-corrected chi connectivity index (χ0v) is 5.99. The number of halogens is 3. The van der Waals surface area contributed by atoms with Crippen LogP contribution in [0, 0.1) is 13.0 Å². The molecule has 1 aliphatic heterocycles. The van der Waals surface area contributed by atoms with Crippen molar-refractivity contribution in [2.45, 2.75) is 12.2 Å². The number of nitrogens with two attached hydrogens (primary N) is 1. The number of rotatable bonds is 0. The summed E-state index contributed by atoms with van der Waals surface area (Å²) in [5.74, 6) is -1.37. The van der Waals surface area contributed by atoms with Gasteiger partial charge in [0.15, 0.2) is 0 Å². The summed E-state index contributed by atoms with van der Waals surface area (Å²) < 4.78 is 36.2. The van der Waals surface area contributed by atoms with E-state index < -0.39 is 18.1 Å². The van der Waals surface area contributed by atoms with Crippen molar-refractivity contribution in [3.63, 3.8) is 0 Å². The highest BCUT2D eigenvalue weighted by atomic mass is 19.4. The highest BCUT2D eigenvalue weighted by Crippen LogP contribution is 2.28. The normalized spacial score (nSPS) is 39.5. The van der Waals surface area contributed by atoms with Crippen molar-refractivity contribution in [3.8, 4) is 0 Å². The summed E-state index contributed by atoms with van der Waals surface area (Å²) in [5.41, 5.74) is 5.27. The molecule has 3 N–H and O–H groups in total. The van der Waals surface area contributed by atoms with E-state index in [1.165, 1.54) is 0 Å². The highest BCUT2D eigenvalue weighted by Gasteiger charge is 2.48. The highest BCUT2D eigenvalue weighted by molar-refractivity contribution is 4.81.